The van der Waals surface area contributed by atoms with E-state index in [1.807, 2.05) is 38.1 Å². The lowest BCUT2D eigenvalue weighted by Gasteiger charge is -2.39. The van der Waals surface area contributed by atoms with Crippen LogP contribution >= 0.6 is 0 Å². The molecule has 2 aromatic heterocycles. The molecule has 6 rings (SSSR count). The average Bonchev–Trinajstić information content (AvgIpc) is 3.68. The van der Waals surface area contributed by atoms with Gasteiger partial charge >= 0.3 is 6.09 Å². The van der Waals surface area contributed by atoms with Gasteiger partial charge in [0.05, 0.1) is 55.1 Å². The minimum absolute atomic E-state index is 0.0432. The first kappa shape index (κ1) is 29.3. The Morgan fingerprint density at radius 3 is 2.15 bits per heavy atom. The van der Waals surface area contributed by atoms with Crippen LogP contribution in [0.25, 0.3) is 0 Å². The van der Waals surface area contributed by atoms with Gasteiger partial charge in [-0.2, -0.15) is 10.2 Å². The van der Waals surface area contributed by atoms with Gasteiger partial charge in [-0.3, -0.25) is 20.4 Å². The fourth-order valence-electron chi connectivity index (χ4n) is 5.59. The van der Waals surface area contributed by atoms with E-state index in [9.17, 15) is 4.79 Å². The largest absolute Gasteiger partial charge is 0.444 e. The van der Waals surface area contributed by atoms with Crippen LogP contribution in [0.1, 0.15) is 114 Å². The van der Waals surface area contributed by atoms with Gasteiger partial charge < -0.3 is 14.3 Å². The van der Waals surface area contributed by atoms with E-state index in [0.29, 0.717) is 18.6 Å². The van der Waals surface area contributed by atoms with Crippen LogP contribution in [0.3, 0.4) is 0 Å². The lowest BCUT2D eigenvalue weighted by atomic mass is 10.1. The second kappa shape index (κ2) is 10.6. The van der Waals surface area contributed by atoms with Crippen molar-refractivity contribution in [2.24, 2.45) is 11.8 Å². The van der Waals surface area contributed by atoms with Crippen molar-refractivity contribution in [1.29, 1.82) is 0 Å². The van der Waals surface area contributed by atoms with Crippen molar-refractivity contribution in [2.45, 2.75) is 115 Å². The zero-order chi connectivity index (χ0) is 29.0. The summed E-state index contributed by atoms with van der Waals surface area (Å²) >= 11 is 0. The number of ether oxygens (including phenoxy) is 1. The molecule has 1 amide bonds. The number of carbonyl (C=O) groups excluding carboxylic acids is 1. The number of hydrogen-bond donors (Lipinski definition) is 4. The summed E-state index contributed by atoms with van der Waals surface area (Å²) < 4.78 is 12.3. The second-order valence-corrected chi connectivity index (χ2v) is 19.3. The van der Waals surface area contributed by atoms with Crippen molar-refractivity contribution in [1.82, 2.24) is 30.6 Å². The highest BCUT2D eigenvalue weighted by Crippen LogP contribution is 2.53. The summed E-state index contributed by atoms with van der Waals surface area (Å²) in [7, 11) is -1.93. The molecule has 2 aliphatic carbocycles. The number of H-pyrrole nitrogens is 2. The van der Waals surface area contributed by atoms with Crippen LogP contribution in [0, 0.1) is 11.8 Å². The highest BCUT2D eigenvalue weighted by atomic mass is 28.4. The predicted octanol–water partition coefficient (Wildman–Crippen LogP) is 5.67. The number of hydrogen-bond acceptors (Lipinski definition) is 7. The van der Waals surface area contributed by atoms with Gasteiger partial charge in [-0.15, -0.1) is 0 Å². The number of aliphatic hydroxyl groups excluding tert-OH is 1. The number of fused-ring (bicyclic) bond motifs is 2. The number of aliphatic hydroxyl groups is 1. The summed E-state index contributed by atoms with van der Waals surface area (Å²) in [5, 5.41) is 27.1. The molecular weight excluding hydrogens is 524 g/mol. The zero-order valence-corrected chi connectivity index (χ0v) is 26.4. The molecule has 222 valence electrons. The number of amides is 1. The molecule has 2 fully saturated rings. The molecule has 0 bridgehead atoms. The molecule has 2 saturated carbocycles. The van der Waals surface area contributed by atoms with E-state index in [1.54, 1.807) is 0 Å². The molecule has 0 aromatic carbocycles. The van der Waals surface area contributed by atoms with Crippen LogP contribution in [0.2, 0.25) is 18.1 Å². The van der Waals surface area contributed by atoms with Gasteiger partial charge in [0.25, 0.3) is 0 Å². The van der Waals surface area contributed by atoms with E-state index in [0.717, 1.165) is 35.7 Å². The highest BCUT2D eigenvalue weighted by molar-refractivity contribution is 6.74. The van der Waals surface area contributed by atoms with E-state index < -0.39 is 13.9 Å². The Kier molecular flexibility index (Phi) is 7.73. The Balaban J connectivity index is 0.000000204. The molecule has 0 radical (unpaired) electrons. The molecule has 2 unspecified atom stereocenters. The molecule has 40 heavy (non-hydrogen) atoms. The Morgan fingerprint density at radius 1 is 1.00 bits per heavy atom. The number of aromatic amines is 2. The standard InChI is InChI=1S/C20H35N3O3Si.C9H13N3O/c1-19(2,3)26-18(24)23-15(12-25-27(7,8)20(4,5)6)16-14(11-21-22-16)17(23)13-9-10-13;13-4-7-9-6(3-10-12-9)8(11-7)5-1-2-5/h11,13,15,17H,9-10,12H2,1-8H3,(H,21,22);3,5,7-8,11,13H,1-2,4H2,(H,10,12)/t15?,17-;7?,8-/m11/s1. The lowest BCUT2D eigenvalue weighted by molar-refractivity contribution is -0.000326. The highest BCUT2D eigenvalue weighted by Gasteiger charge is 2.51. The van der Waals surface area contributed by atoms with Crippen molar-refractivity contribution in [2.75, 3.05) is 13.2 Å². The molecule has 0 spiro atoms. The fourth-order valence-corrected chi connectivity index (χ4v) is 6.60. The zero-order valence-electron chi connectivity index (χ0n) is 25.4. The van der Waals surface area contributed by atoms with Gasteiger partial charge in [-0.05, 0) is 76.4 Å². The first-order valence-corrected chi connectivity index (χ1v) is 17.7. The molecule has 2 aliphatic heterocycles. The van der Waals surface area contributed by atoms with Gasteiger partial charge in [0.1, 0.15) is 5.60 Å². The summed E-state index contributed by atoms with van der Waals surface area (Å²) in [6.45, 7) is 17.5. The van der Waals surface area contributed by atoms with Crippen LogP contribution in [-0.2, 0) is 9.16 Å². The topological polar surface area (TPSA) is 128 Å². The number of aromatic nitrogens is 4. The third kappa shape index (κ3) is 5.88. The first-order valence-electron chi connectivity index (χ1n) is 14.8. The normalized spacial score (nSPS) is 26.3. The van der Waals surface area contributed by atoms with E-state index in [2.05, 4.69) is 59.6 Å². The van der Waals surface area contributed by atoms with E-state index in [4.69, 9.17) is 14.3 Å². The SMILES string of the molecule is CC(C)(C)OC(=O)N1C(CO[Si](C)(C)C(C)(C)C)c2[nH]ncc2[C@H]1C1CC1.OCC1N[C@H](C2CC2)c2cn[nH]c21. The molecule has 4 N–H and O–H groups in total. The van der Waals surface area contributed by atoms with Crippen LogP contribution in [0.5, 0.6) is 0 Å². The molecule has 11 heteroatoms. The summed E-state index contributed by atoms with van der Waals surface area (Å²) in [4.78, 5) is 15.0. The van der Waals surface area contributed by atoms with Gasteiger partial charge in [0.15, 0.2) is 8.32 Å². The second-order valence-electron chi connectivity index (χ2n) is 14.5. The van der Waals surface area contributed by atoms with Gasteiger partial charge in [0, 0.05) is 17.2 Å². The molecule has 4 atom stereocenters. The summed E-state index contributed by atoms with van der Waals surface area (Å²) in [6, 6.07) is 0.382. The maximum absolute atomic E-state index is 13.1. The van der Waals surface area contributed by atoms with Crippen molar-refractivity contribution < 1.29 is 19.1 Å². The van der Waals surface area contributed by atoms with Crippen molar-refractivity contribution in [3.63, 3.8) is 0 Å². The van der Waals surface area contributed by atoms with Crippen LogP contribution in [0.4, 0.5) is 4.79 Å². The predicted molar refractivity (Wildman–Crippen MR) is 155 cm³/mol. The molecular formula is C29H48N6O4Si. The molecule has 4 heterocycles. The van der Waals surface area contributed by atoms with Gasteiger partial charge in [-0.1, -0.05) is 20.8 Å². The van der Waals surface area contributed by atoms with Crippen molar-refractivity contribution in [3.05, 3.63) is 34.9 Å². The number of carbonyl (C=O) groups is 1. The molecule has 2 aromatic rings. The maximum Gasteiger partial charge on any atom is 0.411 e. The van der Waals surface area contributed by atoms with Crippen LogP contribution in [0.15, 0.2) is 12.4 Å². The monoisotopic (exact) mass is 572 g/mol. The minimum atomic E-state index is -1.93. The fraction of sp³-hybridized carbons (Fsp3) is 0.759. The first-order chi connectivity index (χ1) is 18.7. The Hall–Kier alpha value is -2.21. The number of rotatable bonds is 6. The lowest BCUT2D eigenvalue weighted by Crippen LogP contribution is -2.45. The molecule has 4 aliphatic rings. The maximum atomic E-state index is 13.1. The van der Waals surface area contributed by atoms with Crippen LogP contribution < -0.4 is 5.32 Å². The van der Waals surface area contributed by atoms with E-state index >= 15 is 0 Å². The Morgan fingerprint density at radius 2 is 1.60 bits per heavy atom. The van der Waals surface area contributed by atoms with Crippen molar-refractivity contribution >= 4 is 14.4 Å². The average molecular weight is 573 g/mol. The molecule has 0 saturated heterocycles. The van der Waals surface area contributed by atoms with Gasteiger partial charge in [0.2, 0.25) is 0 Å². The summed E-state index contributed by atoms with van der Waals surface area (Å²) in [6.07, 6.45) is 8.41. The Labute approximate surface area is 239 Å². The smallest absolute Gasteiger partial charge is 0.411 e. The third-order valence-electron chi connectivity index (χ3n) is 9.11. The number of nitrogens with zero attached hydrogens (tertiary/aromatic N) is 3. The van der Waals surface area contributed by atoms with Crippen LogP contribution in [-0.4, -0.2) is 63.6 Å². The van der Waals surface area contributed by atoms with Crippen molar-refractivity contribution in [3.8, 4) is 0 Å². The number of nitrogens with one attached hydrogen (secondary N) is 3. The molecule has 10 nitrogen and oxygen atoms in total. The van der Waals surface area contributed by atoms with E-state index in [1.165, 1.54) is 18.4 Å². The van der Waals surface area contributed by atoms with Gasteiger partial charge in [-0.25, -0.2) is 4.79 Å². The summed E-state index contributed by atoms with van der Waals surface area (Å²) in [5.41, 5.74) is 3.97. The quantitative estimate of drug-likeness (QED) is 0.328. The Bertz CT molecular complexity index is 1190. The minimum Gasteiger partial charge on any atom is -0.444 e. The third-order valence-corrected chi connectivity index (χ3v) is 13.6. The summed E-state index contributed by atoms with van der Waals surface area (Å²) in [5.74, 6) is 1.26. The van der Waals surface area contributed by atoms with E-state index in [-0.39, 0.29) is 35.9 Å².